The van der Waals surface area contributed by atoms with Crippen LogP contribution in [0.3, 0.4) is 0 Å². The lowest BCUT2D eigenvalue weighted by atomic mass is 9.72. The number of hydrogen-bond donors (Lipinski definition) is 1. The maximum atomic E-state index is 14.1. The molecule has 186 valence electrons. The maximum Gasteiger partial charge on any atom is 0.201 e. The molecule has 0 aliphatic heterocycles. The highest BCUT2D eigenvalue weighted by Crippen LogP contribution is 2.40. The van der Waals surface area contributed by atoms with Gasteiger partial charge in [-0.15, -0.1) is 0 Å². The molecule has 1 saturated carbocycles. The minimum Gasteiger partial charge on any atom is -0.453 e. The average molecular weight is 491 g/mol. The summed E-state index contributed by atoms with van der Waals surface area (Å²) >= 11 is 0. The van der Waals surface area contributed by atoms with Crippen molar-refractivity contribution in [3.05, 3.63) is 95.0 Å². The molecule has 0 amide bonds. The lowest BCUT2D eigenvalue weighted by Gasteiger charge is -2.38. The van der Waals surface area contributed by atoms with Gasteiger partial charge in [-0.1, -0.05) is 68.4 Å². The molecular formula is C31H30N4O2. The number of fused-ring (bicyclic) bond motifs is 1. The van der Waals surface area contributed by atoms with Crippen LogP contribution >= 0.6 is 0 Å². The highest BCUT2D eigenvalue weighted by molar-refractivity contribution is 5.95. The molecule has 6 nitrogen and oxygen atoms in total. The molecule has 0 radical (unpaired) electrons. The molecule has 1 aliphatic carbocycles. The summed E-state index contributed by atoms with van der Waals surface area (Å²) in [5.74, 6) is 0.990. The summed E-state index contributed by atoms with van der Waals surface area (Å²) in [6.07, 6.45) is 8.53. The SMILES string of the molecule is CC(C)Cn1cc(-c2nccc3c(=O)c(-c4ccc(C5(N)CCC5)cc4)c(-c4ccccc4)oc23)cn1. The van der Waals surface area contributed by atoms with Crippen molar-refractivity contribution in [2.75, 3.05) is 0 Å². The fourth-order valence-electron chi connectivity index (χ4n) is 5.16. The number of pyridine rings is 1. The van der Waals surface area contributed by atoms with E-state index in [9.17, 15) is 4.79 Å². The van der Waals surface area contributed by atoms with Gasteiger partial charge < -0.3 is 10.2 Å². The molecule has 6 heteroatoms. The molecule has 0 saturated heterocycles. The topological polar surface area (TPSA) is 86.9 Å². The monoisotopic (exact) mass is 490 g/mol. The van der Waals surface area contributed by atoms with Gasteiger partial charge in [0, 0.05) is 35.6 Å². The van der Waals surface area contributed by atoms with E-state index in [1.807, 2.05) is 65.5 Å². The summed E-state index contributed by atoms with van der Waals surface area (Å²) in [6, 6.07) is 19.6. The van der Waals surface area contributed by atoms with Crippen LogP contribution in [0.25, 0.3) is 44.7 Å². The Hall–Kier alpha value is -4.03. The fraction of sp³-hybridized carbons (Fsp3) is 0.258. The molecule has 0 unspecified atom stereocenters. The number of nitrogens with zero attached hydrogens (tertiary/aromatic N) is 3. The Morgan fingerprint density at radius 1 is 1.00 bits per heavy atom. The Labute approximate surface area is 215 Å². The summed E-state index contributed by atoms with van der Waals surface area (Å²) in [7, 11) is 0. The zero-order valence-electron chi connectivity index (χ0n) is 21.1. The molecule has 1 fully saturated rings. The van der Waals surface area contributed by atoms with E-state index in [-0.39, 0.29) is 11.0 Å². The first kappa shape index (κ1) is 23.4. The Kier molecular flexibility index (Phi) is 5.76. The van der Waals surface area contributed by atoms with Gasteiger partial charge in [0.15, 0.2) is 5.58 Å². The minimum atomic E-state index is -0.255. The van der Waals surface area contributed by atoms with Gasteiger partial charge in [0.05, 0.1) is 17.1 Å². The third-order valence-corrected chi connectivity index (χ3v) is 7.30. The number of rotatable bonds is 6. The van der Waals surface area contributed by atoms with Crippen LogP contribution in [-0.4, -0.2) is 14.8 Å². The predicted molar refractivity (Wildman–Crippen MR) is 147 cm³/mol. The highest BCUT2D eigenvalue weighted by atomic mass is 16.3. The first-order chi connectivity index (χ1) is 17.9. The van der Waals surface area contributed by atoms with E-state index in [4.69, 9.17) is 10.2 Å². The van der Waals surface area contributed by atoms with E-state index in [0.717, 1.165) is 48.1 Å². The largest absolute Gasteiger partial charge is 0.453 e. The lowest BCUT2D eigenvalue weighted by Crippen LogP contribution is -2.43. The molecule has 2 N–H and O–H groups in total. The van der Waals surface area contributed by atoms with Crippen molar-refractivity contribution in [2.24, 2.45) is 11.7 Å². The second-order valence-electron chi connectivity index (χ2n) is 10.5. The van der Waals surface area contributed by atoms with Gasteiger partial charge in [-0.2, -0.15) is 5.10 Å². The maximum absolute atomic E-state index is 14.1. The van der Waals surface area contributed by atoms with Crippen LogP contribution in [0.4, 0.5) is 0 Å². The van der Waals surface area contributed by atoms with Crippen molar-refractivity contribution >= 4 is 11.0 Å². The minimum absolute atomic E-state index is 0.0859. The molecule has 3 aromatic heterocycles. The number of nitrogens with two attached hydrogens (primary N) is 1. The molecule has 1 aliphatic rings. The normalized spacial score (nSPS) is 14.7. The standard InChI is InChI=1S/C31H30N4O2/c1-20(2)18-35-19-23(17-34-35)27-30-25(13-16-33-27)28(36)26(29(37-30)22-7-4-3-5-8-22)21-9-11-24(12-10-21)31(32)14-6-15-31/h3-5,7-13,16-17,19-20H,6,14-15,18,32H2,1-2H3. The second-order valence-corrected chi connectivity index (χ2v) is 10.5. The highest BCUT2D eigenvalue weighted by Gasteiger charge is 2.34. The van der Waals surface area contributed by atoms with Crippen LogP contribution in [0.1, 0.15) is 38.7 Å². The first-order valence-electron chi connectivity index (χ1n) is 12.9. The van der Waals surface area contributed by atoms with Crippen molar-refractivity contribution in [3.8, 4) is 33.7 Å². The van der Waals surface area contributed by atoms with Gasteiger partial charge in [0.25, 0.3) is 0 Å². The number of aromatic nitrogens is 3. The first-order valence-corrected chi connectivity index (χ1v) is 12.9. The average Bonchev–Trinajstić information content (AvgIpc) is 3.35. The molecule has 0 spiro atoms. The van der Waals surface area contributed by atoms with Crippen LogP contribution in [-0.2, 0) is 12.1 Å². The third-order valence-electron chi connectivity index (χ3n) is 7.30. The van der Waals surface area contributed by atoms with Gasteiger partial charge in [0.2, 0.25) is 5.43 Å². The zero-order chi connectivity index (χ0) is 25.6. The molecule has 37 heavy (non-hydrogen) atoms. The summed E-state index contributed by atoms with van der Waals surface area (Å²) in [6.45, 7) is 5.10. The molecule has 3 heterocycles. The summed E-state index contributed by atoms with van der Waals surface area (Å²) < 4.78 is 8.50. The quantitative estimate of drug-likeness (QED) is 0.298. The summed E-state index contributed by atoms with van der Waals surface area (Å²) in [5.41, 5.74) is 11.4. The van der Waals surface area contributed by atoms with Crippen molar-refractivity contribution in [1.82, 2.24) is 14.8 Å². The molecule has 2 aromatic carbocycles. The molecule has 0 bridgehead atoms. The van der Waals surface area contributed by atoms with Gasteiger partial charge in [-0.3, -0.25) is 14.5 Å². The predicted octanol–water partition coefficient (Wildman–Crippen LogP) is 6.38. The van der Waals surface area contributed by atoms with Gasteiger partial charge in [-0.25, -0.2) is 0 Å². The molecule has 5 aromatic rings. The third kappa shape index (κ3) is 4.17. The van der Waals surface area contributed by atoms with Crippen LogP contribution in [0.5, 0.6) is 0 Å². The summed E-state index contributed by atoms with van der Waals surface area (Å²) in [4.78, 5) is 18.7. The van der Waals surface area contributed by atoms with E-state index >= 15 is 0 Å². The van der Waals surface area contributed by atoms with Gasteiger partial charge in [-0.05, 0) is 42.4 Å². The lowest BCUT2D eigenvalue weighted by molar-refractivity contribution is 0.253. The van der Waals surface area contributed by atoms with E-state index in [2.05, 4.69) is 23.9 Å². The van der Waals surface area contributed by atoms with Crippen LogP contribution < -0.4 is 11.2 Å². The molecule has 0 atom stereocenters. The Balaban J connectivity index is 1.55. The van der Waals surface area contributed by atoms with Gasteiger partial charge in [0.1, 0.15) is 11.5 Å². The number of benzene rings is 2. The van der Waals surface area contributed by atoms with E-state index in [0.29, 0.717) is 33.9 Å². The van der Waals surface area contributed by atoms with Crippen molar-refractivity contribution in [2.45, 2.75) is 45.2 Å². The van der Waals surface area contributed by atoms with Crippen LogP contribution in [0.15, 0.2) is 88.5 Å². The zero-order valence-corrected chi connectivity index (χ0v) is 21.1. The van der Waals surface area contributed by atoms with Crippen molar-refractivity contribution < 1.29 is 4.42 Å². The Morgan fingerprint density at radius 2 is 1.76 bits per heavy atom. The molecule has 6 rings (SSSR count). The van der Waals surface area contributed by atoms with Crippen LogP contribution in [0, 0.1) is 5.92 Å². The number of hydrogen-bond acceptors (Lipinski definition) is 5. The molecular weight excluding hydrogens is 460 g/mol. The second kappa shape index (κ2) is 9.12. The Bertz CT molecular complexity index is 1630. The summed E-state index contributed by atoms with van der Waals surface area (Å²) in [5, 5.41) is 4.99. The Morgan fingerprint density at radius 3 is 2.43 bits per heavy atom. The van der Waals surface area contributed by atoms with E-state index in [1.54, 1.807) is 18.5 Å². The van der Waals surface area contributed by atoms with Crippen molar-refractivity contribution in [3.63, 3.8) is 0 Å². The van der Waals surface area contributed by atoms with Crippen molar-refractivity contribution in [1.29, 1.82) is 0 Å². The van der Waals surface area contributed by atoms with E-state index in [1.165, 1.54) is 0 Å². The van der Waals surface area contributed by atoms with E-state index < -0.39 is 0 Å². The fourth-order valence-corrected chi connectivity index (χ4v) is 5.16. The smallest absolute Gasteiger partial charge is 0.201 e. The van der Waals surface area contributed by atoms with Crippen LogP contribution in [0.2, 0.25) is 0 Å². The van der Waals surface area contributed by atoms with Gasteiger partial charge >= 0.3 is 0 Å².